The van der Waals surface area contributed by atoms with Gasteiger partial charge in [0.05, 0.1) is 11.3 Å². The van der Waals surface area contributed by atoms with Gasteiger partial charge in [0, 0.05) is 13.1 Å². The van der Waals surface area contributed by atoms with Crippen molar-refractivity contribution < 1.29 is 13.2 Å². The van der Waals surface area contributed by atoms with Crippen LogP contribution in [-0.4, -0.2) is 13.1 Å². The quantitative estimate of drug-likeness (QED) is 0.695. The summed E-state index contributed by atoms with van der Waals surface area (Å²) in [6.45, 7) is 3.20. The number of rotatable bonds is 1. The first-order valence-electron chi connectivity index (χ1n) is 4.98. The van der Waals surface area contributed by atoms with Gasteiger partial charge in [0.2, 0.25) is 0 Å². The van der Waals surface area contributed by atoms with E-state index < -0.39 is 11.7 Å². The van der Waals surface area contributed by atoms with Crippen molar-refractivity contribution in [3.8, 4) is 0 Å². The third kappa shape index (κ3) is 1.68. The highest BCUT2D eigenvalue weighted by atomic mass is 19.4. The number of fused-ring (bicyclic) bond motifs is 1. The molecular weight excluding hydrogens is 203 g/mol. The van der Waals surface area contributed by atoms with Crippen LogP contribution in [0.2, 0.25) is 0 Å². The van der Waals surface area contributed by atoms with Gasteiger partial charge in [-0.1, -0.05) is 12.1 Å². The first kappa shape index (κ1) is 10.3. The Balaban J connectivity index is 2.54. The average Bonchev–Trinajstić information content (AvgIpc) is 2.58. The van der Waals surface area contributed by atoms with Crippen LogP contribution in [0.4, 0.5) is 18.9 Å². The second kappa shape index (κ2) is 3.43. The molecule has 0 aliphatic carbocycles. The summed E-state index contributed by atoms with van der Waals surface area (Å²) in [4.78, 5) is 1.79. The number of para-hydroxylation sites is 1. The molecule has 0 radical (unpaired) electrons. The van der Waals surface area contributed by atoms with E-state index in [1.165, 1.54) is 6.07 Å². The molecule has 1 aromatic rings. The molecule has 0 saturated heterocycles. The van der Waals surface area contributed by atoms with Crippen LogP contribution in [0.25, 0.3) is 0 Å². The fourth-order valence-corrected chi connectivity index (χ4v) is 2.08. The van der Waals surface area contributed by atoms with Crippen molar-refractivity contribution in [3.05, 3.63) is 29.3 Å². The summed E-state index contributed by atoms with van der Waals surface area (Å²) >= 11 is 0. The summed E-state index contributed by atoms with van der Waals surface area (Å²) in [5, 5.41) is 0. The first-order chi connectivity index (χ1) is 7.04. The van der Waals surface area contributed by atoms with E-state index in [2.05, 4.69) is 0 Å². The molecule has 0 aromatic heterocycles. The van der Waals surface area contributed by atoms with Gasteiger partial charge in [0.15, 0.2) is 0 Å². The minimum Gasteiger partial charge on any atom is -0.371 e. The number of anilines is 1. The predicted molar refractivity (Wildman–Crippen MR) is 53.0 cm³/mol. The van der Waals surface area contributed by atoms with Gasteiger partial charge in [0.1, 0.15) is 0 Å². The highest BCUT2D eigenvalue weighted by Crippen LogP contribution is 2.41. The summed E-state index contributed by atoms with van der Waals surface area (Å²) < 4.78 is 38.2. The van der Waals surface area contributed by atoms with Crippen LogP contribution in [0.1, 0.15) is 18.1 Å². The number of halogens is 3. The Morgan fingerprint density at radius 3 is 2.67 bits per heavy atom. The van der Waals surface area contributed by atoms with E-state index in [9.17, 15) is 13.2 Å². The lowest BCUT2D eigenvalue weighted by Gasteiger charge is -2.21. The molecule has 0 spiro atoms. The van der Waals surface area contributed by atoms with Crippen LogP contribution in [-0.2, 0) is 12.6 Å². The number of hydrogen-bond donors (Lipinski definition) is 0. The van der Waals surface area contributed by atoms with Gasteiger partial charge in [0.25, 0.3) is 0 Å². The maximum atomic E-state index is 12.7. The van der Waals surface area contributed by atoms with E-state index in [1.807, 2.05) is 6.92 Å². The zero-order valence-corrected chi connectivity index (χ0v) is 8.43. The van der Waals surface area contributed by atoms with Crippen molar-refractivity contribution >= 4 is 5.69 Å². The largest absolute Gasteiger partial charge is 0.418 e. The molecule has 2 rings (SSSR count). The molecule has 1 aromatic carbocycles. The number of nitrogens with zero attached hydrogens (tertiary/aromatic N) is 1. The molecule has 0 bridgehead atoms. The van der Waals surface area contributed by atoms with E-state index in [1.54, 1.807) is 11.0 Å². The Bertz CT molecular complexity index is 371. The van der Waals surface area contributed by atoms with Gasteiger partial charge in [-0.3, -0.25) is 0 Å². The first-order valence-corrected chi connectivity index (χ1v) is 4.98. The van der Waals surface area contributed by atoms with Crippen LogP contribution in [0, 0.1) is 0 Å². The van der Waals surface area contributed by atoms with E-state index in [0.717, 1.165) is 11.6 Å². The fourth-order valence-electron chi connectivity index (χ4n) is 2.08. The number of alkyl halides is 3. The predicted octanol–water partition coefficient (Wildman–Crippen LogP) is 3.09. The highest BCUT2D eigenvalue weighted by molar-refractivity contribution is 5.64. The van der Waals surface area contributed by atoms with Crippen molar-refractivity contribution in [1.29, 1.82) is 0 Å². The summed E-state index contributed by atoms with van der Waals surface area (Å²) in [5.41, 5.74) is 0.693. The number of benzene rings is 1. The van der Waals surface area contributed by atoms with E-state index >= 15 is 0 Å². The second-order valence-corrected chi connectivity index (χ2v) is 3.64. The molecule has 1 heterocycles. The van der Waals surface area contributed by atoms with E-state index in [-0.39, 0.29) is 0 Å². The van der Waals surface area contributed by atoms with Crippen LogP contribution >= 0.6 is 0 Å². The molecule has 0 unspecified atom stereocenters. The van der Waals surface area contributed by atoms with Gasteiger partial charge in [-0.05, 0) is 25.0 Å². The molecule has 0 saturated carbocycles. The molecule has 0 atom stereocenters. The van der Waals surface area contributed by atoms with Gasteiger partial charge in [-0.2, -0.15) is 13.2 Å². The van der Waals surface area contributed by atoms with Crippen LogP contribution in [0.5, 0.6) is 0 Å². The molecule has 0 N–H and O–H groups in total. The molecule has 0 amide bonds. The Morgan fingerprint density at radius 2 is 2.07 bits per heavy atom. The summed E-state index contributed by atoms with van der Waals surface area (Å²) in [5.74, 6) is 0. The lowest BCUT2D eigenvalue weighted by molar-refractivity contribution is -0.137. The van der Waals surface area contributed by atoms with Crippen LogP contribution < -0.4 is 4.90 Å². The molecule has 1 aliphatic heterocycles. The fraction of sp³-hybridized carbons (Fsp3) is 0.455. The molecule has 15 heavy (non-hydrogen) atoms. The van der Waals surface area contributed by atoms with E-state index in [0.29, 0.717) is 25.2 Å². The molecular formula is C11H12F3N. The van der Waals surface area contributed by atoms with Crippen LogP contribution in [0.15, 0.2) is 18.2 Å². The molecule has 1 aliphatic rings. The molecule has 4 heteroatoms. The lowest BCUT2D eigenvalue weighted by atomic mass is 10.1. The maximum Gasteiger partial charge on any atom is 0.418 e. The third-order valence-electron chi connectivity index (χ3n) is 2.77. The van der Waals surface area contributed by atoms with Gasteiger partial charge >= 0.3 is 6.18 Å². The minimum absolute atomic E-state index is 0.382. The topological polar surface area (TPSA) is 3.24 Å². The summed E-state index contributed by atoms with van der Waals surface area (Å²) in [6, 6.07) is 4.42. The van der Waals surface area contributed by atoms with Gasteiger partial charge < -0.3 is 4.90 Å². The zero-order valence-electron chi connectivity index (χ0n) is 8.43. The number of hydrogen-bond acceptors (Lipinski definition) is 1. The smallest absolute Gasteiger partial charge is 0.371 e. The van der Waals surface area contributed by atoms with Gasteiger partial charge in [-0.25, -0.2) is 0 Å². The minimum atomic E-state index is -4.25. The maximum absolute atomic E-state index is 12.7. The second-order valence-electron chi connectivity index (χ2n) is 3.64. The van der Waals surface area contributed by atoms with Crippen molar-refractivity contribution in [3.63, 3.8) is 0 Å². The SMILES string of the molecule is CCN1CCc2cccc(C(F)(F)F)c21. The highest BCUT2D eigenvalue weighted by Gasteiger charge is 2.37. The standard InChI is InChI=1S/C11H12F3N/c1-2-15-7-6-8-4-3-5-9(10(8)15)11(12,13)14/h3-5H,2,6-7H2,1H3. The van der Waals surface area contributed by atoms with Crippen molar-refractivity contribution in [2.75, 3.05) is 18.0 Å². The average molecular weight is 215 g/mol. The molecule has 1 nitrogen and oxygen atoms in total. The van der Waals surface area contributed by atoms with Crippen molar-refractivity contribution in [1.82, 2.24) is 0 Å². The lowest BCUT2D eigenvalue weighted by Crippen LogP contribution is -2.22. The van der Waals surface area contributed by atoms with Crippen molar-refractivity contribution in [2.24, 2.45) is 0 Å². The summed E-state index contributed by atoms with van der Waals surface area (Å²) in [7, 11) is 0. The van der Waals surface area contributed by atoms with Crippen molar-refractivity contribution in [2.45, 2.75) is 19.5 Å². The molecule has 0 fully saturated rings. The zero-order chi connectivity index (χ0) is 11.1. The monoisotopic (exact) mass is 215 g/mol. The Kier molecular flexibility index (Phi) is 2.37. The Hall–Kier alpha value is -1.19. The van der Waals surface area contributed by atoms with E-state index in [4.69, 9.17) is 0 Å². The Labute approximate surface area is 86.5 Å². The normalized spacial score (nSPS) is 15.6. The Morgan fingerprint density at radius 1 is 1.33 bits per heavy atom. The third-order valence-corrected chi connectivity index (χ3v) is 2.77. The molecule has 82 valence electrons. The van der Waals surface area contributed by atoms with Crippen LogP contribution in [0.3, 0.4) is 0 Å². The summed E-state index contributed by atoms with van der Waals surface area (Å²) in [6.07, 6.45) is -3.53. The number of likely N-dealkylation sites (N-methyl/N-ethyl adjacent to an activating group) is 1. The van der Waals surface area contributed by atoms with Gasteiger partial charge in [-0.15, -0.1) is 0 Å².